The number of hydrogen-bond donors (Lipinski definition) is 4. The molecule has 5 N–H and O–H groups in total. The average molecular weight is 280 g/mol. The second-order valence-corrected chi connectivity index (χ2v) is 3.84. The molecule has 0 aliphatic carbocycles. The van der Waals surface area contributed by atoms with Crippen molar-refractivity contribution < 1.29 is 19.7 Å². The maximum Gasteiger partial charge on any atom is 0.169 e. The van der Waals surface area contributed by atoms with E-state index in [1.54, 1.807) is 0 Å². The summed E-state index contributed by atoms with van der Waals surface area (Å²) in [6.45, 7) is 0.209. The normalized spacial score (nSPS) is 12.8. The van der Waals surface area contributed by atoms with E-state index in [9.17, 15) is 14.6 Å². The van der Waals surface area contributed by atoms with Crippen molar-refractivity contribution in [3.8, 4) is 11.5 Å². The molecule has 0 aromatic heterocycles. The van der Waals surface area contributed by atoms with Gasteiger partial charge in [0.05, 0.1) is 6.10 Å². The van der Waals surface area contributed by atoms with Crippen LogP contribution in [0.2, 0.25) is 0 Å². The Balaban J connectivity index is 3.19. The van der Waals surface area contributed by atoms with Crippen molar-refractivity contribution >= 4 is 15.9 Å². The molecule has 1 aromatic carbocycles. The van der Waals surface area contributed by atoms with Gasteiger partial charge in [0, 0.05) is 5.56 Å². The standard InChI is InChI=1S/C9H11BrFNO3/c10-7-8(14)4(6(13)1-2-12)3-5(11)9(7)15/h3,6,13-15H,1-2,12H2. The first kappa shape index (κ1) is 12.2. The summed E-state index contributed by atoms with van der Waals surface area (Å²) in [5.41, 5.74) is 5.23. The molecule has 1 rings (SSSR count). The molecule has 0 amide bonds. The van der Waals surface area contributed by atoms with Crippen LogP contribution in [0.15, 0.2) is 10.5 Å². The molecular weight excluding hydrogens is 269 g/mol. The Kier molecular flexibility index (Phi) is 3.90. The molecule has 84 valence electrons. The minimum atomic E-state index is -1.05. The van der Waals surface area contributed by atoms with Crippen LogP contribution in [0.25, 0.3) is 0 Å². The maximum atomic E-state index is 13.1. The summed E-state index contributed by atoms with van der Waals surface area (Å²) in [6.07, 6.45) is -0.856. The highest BCUT2D eigenvalue weighted by Gasteiger charge is 2.19. The van der Waals surface area contributed by atoms with Crippen LogP contribution >= 0.6 is 15.9 Å². The van der Waals surface area contributed by atoms with Gasteiger partial charge in [-0.1, -0.05) is 0 Å². The van der Waals surface area contributed by atoms with Crippen molar-refractivity contribution in [1.29, 1.82) is 0 Å². The van der Waals surface area contributed by atoms with Crippen molar-refractivity contribution in [2.45, 2.75) is 12.5 Å². The fraction of sp³-hybridized carbons (Fsp3) is 0.333. The average Bonchev–Trinajstić information content (AvgIpc) is 2.20. The van der Waals surface area contributed by atoms with E-state index in [1.165, 1.54) is 0 Å². The summed E-state index contributed by atoms with van der Waals surface area (Å²) in [4.78, 5) is 0. The molecule has 4 nitrogen and oxygen atoms in total. The zero-order valence-corrected chi connectivity index (χ0v) is 9.33. The summed E-state index contributed by atoms with van der Waals surface area (Å²) in [6, 6.07) is 0.885. The van der Waals surface area contributed by atoms with E-state index < -0.39 is 17.7 Å². The highest BCUT2D eigenvalue weighted by molar-refractivity contribution is 9.10. The number of rotatable bonds is 3. The number of halogens is 2. The second-order valence-electron chi connectivity index (χ2n) is 3.05. The molecule has 0 saturated carbocycles. The van der Waals surface area contributed by atoms with Crippen molar-refractivity contribution in [2.75, 3.05) is 6.54 Å². The fourth-order valence-electron chi connectivity index (χ4n) is 1.18. The predicted molar refractivity (Wildman–Crippen MR) is 56.1 cm³/mol. The third-order valence-corrected chi connectivity index (χ3v) is 2.75. The quantitative estimate of drug-likeness (QED) is 0.673. The zero-order chi connectivity index (χ0) is 11.6. The predicted octanol–water partition coefficient (Wildman–Crippen LogP) is 1.38. The van der Waals surface area contributed by atoms with Gasteiger partial charge in [-0.2, -0.15) is 0 Å². The Bertz CT molecular complexity index is 373. The highest BCUT2D eigenvalue weighted by atomic mass is 79.9. The Hall–Kier alpha value is -0.850. The van der Waals surface area contributed by atoms with Crippen molar-refractivity contribution in [1.82, 2.24) is 0 Å². The number of nitrogens with two attached hydrogens (primary N) is 1. The summed E-state index contributed by atoms with van der Waals surface area (Å²) < 4.78 is 12.9. The van der Waals surface area contributed by atoms with Crippen LogP contribution in [-0.4, -0.2) is 21.9 Å². The minimum Gasteiger partial charge on any atom is -0.506 e. The summed E-state index contributed by atoms with van der Waals surface area (Å²) in [7, 11) is 0. The van der Waals surface area contributed by atoms with Crippen LogP contribution in [0.3, 0.4) is 0 Å². The van der Waals surface area contributed by atoms with Gasteiger partial charge in [-0.25, -0.2) is 4.39 Å². The van der Waals surface area contributed by atoms with E-state index in [-0.39, 0.29) is 28.8 Å². The number of hydrogen-bond acceptors (Lipinski definition) is 4. The number of phenolic OH excluding ortho intramolecular Hbond substituents is 2. The molecule has 0 spiro atoms. The molecule has 0 aliphatic heterocycles. The first-order chi connectivity index (χ1) is 6.99. The largest absolute Gasteiger partial charge is 0.506 e. The van der Waals surface area contributed by atoms with Gasteiger partial charge in [-0.15, -0.1) is 0 Å². The van der Waals surface area contributed by atoms with E-state index in [1.807, 2.05) is 0 Å². The van der Waals surface area contributed by atoms with Crippen LogP contribution in [0.4, 0.5) is 4.39 Å². The molecule has 0 heterocycles. The Labute approximate surface area is 94.3 Å². The summed E-state index contributed by atoms with van der Waals surface area (Å²) >= 11 is 2.82. The molecule has 1 atom stereocenters. The SMILES string of the molecule is NCCC(O)c1cc(F)c(O)c(Br)c1O. The lowest BCUT2D eigenvalue weighted by atomic mass is 10.0. The molecule has 0 bridgehead atoms. The smallest absolute Gasteiger partial charge is 0.169 e. The lowest BCUT2D eigenvalue weighted by Gasteiger charge is -2.13. The summed E-state index contributed by atoms with van der Waals surface area (Å²) in [5.74, 6) is -1.98. The van der Waals surface area contributed by atoms with Gasteiger partial charge >= 0.3 is 0 Å². The first-order valence-electron chi connectivity index (χ1n) is 4.27. The van der Waals surface area contributed by atoms with Crippen molar-refractivity contribution in [3.05, 3.63) is 21.9 Å². The molecule has 0 radical (unpaired) electrons. The number of aliphatic hydroxyl groups excluding tert-OH is 1. The van der Waals surface area contributed by atoms with Crippen LogP contribution in [0.1, 0.15) is 18.1 Å². The van der Waals surface area contributed by atoms with E-state index >= 15 is 0 Å². The van der Waals surface area contributed by atoms with Crippen molar-refractivity contribution in [2.24, 2.45) is 5.73 Å². The molecule has 1 aromatic rings. The highest BCUT2D eigenvalue weighted by Crippen LogP contribution is 2.40. The molecule has 1 unspecified atom stereocenters. The molecule has 0 fully saturated rings. The molecular formula is C9H11BrFNO3. The molecule has 6 heteroatoms. The van der Waals surface area contributed by atoms with E-state index in [4.69, 9.17) is 10.8 Å². The van der Waals surface area contributed by atoms with Gasteiger partial charge in [-0.3, -0.25) is 0 Å². The van der Waals surface area contributed by atoms with Gasteiger partial charge in [0.15, 0.2) is 11.6 Å². The number of aliphatic hydroxyl groups is 1. The van der Waals surface area contributed by atoms with Gasteiger partial charge in [0.25, 0.3) is 0 Å². The van der Waals surface area contributed by atoms with Crippen LogP contribution in [-0.2, 0) is 0 Å². The third-order valence-electron chi connectivity index (χ3n) is 2.00. The minimum absolute atomic E-state index is 0.00243. The van der Waals surface area contributed by atoms with Crippen LogP contribution in [0, 0.1) is 5.82 Å². The fourth-order valence-corrected chi connectivity index (χ4v) is 1.60. The van der Waals surface area contributed by atoms with Gasteiger partial charge in [-0.05, 0) is 35.0 Å². The topological polar surface area (TPSA) is 86.7 Å². The van der Waals surface area contributed by atoms with Crippen LogP contribution in [0.5, 0.6) is 11.5 Å². The lowest BCUT2D eigenvalue weighted by Crippen LogP contribution is -2.07. The Morgan fingerprint density at radius 3 is 2.53 bits per heavy atom. The van der Waals surface area contributed by atoms with E-state index in [2.05, 4.69) is 15.9 Å². The summed E-state index contributed by atoms with van der Waals surface area (Å²) in [5, 5.41) is 28.2. The zero-order valence-electron chi connectivity index (χ0n) is 7.74. The second kappa shape index (κ2) is 4.78. The number of phenols is 2. The number of benzene rings is 1. The Morgan fingerprint density at radius 2 is 2.00 bits per heavy atom. The monoisotopic (exact) mass is 279 g/mol. The van der Waals surface area contributed by atoms with Crippen LogP contribution < -0.4 is 5.73 Å². The van der Waals surface area contributed by atoms with Gasteiger partial charge in [0.1, 0.15) is 10.2 Å². The van der Waals surface area contributed by atoms with E-state index in [0.717, 1.165) is 6.07 Å². The molecule has 0 saturated heterocycles. The first-order valence-corrected chi connectivity index (χ1v) is 5.06. The lowest BCUT2D eigenvalue weighted by molar-refractivity contribution is 0.165. The Morgan fingerprint density at radius 1 is 1.40 bits per heavy atom. The molecule has 15 heavy (non-hydrogen) atoms. The third kappa shape index (κ3) is 2.39. The van der Waals surface area contributed by atoms with E-state index in [0.29, 0.717) is 0 Å². The van der Waals surface area contributed by atoms with Crippen molar-refractivity contribution in [3.63, 3.8) is 0 Å². The van der Waals surface area contributed by atoms with Gasteiger partial charge < -0.3 is 21.1 Å². The molecule has 0 aliphatic rings. The van der Waals surface area contributed by atoms with Gasteiger partial charge in [0.2, 0.25) is 0 Å². The maximum absolute atomic E-state index is 13.1. The number of aromatic hydroxyl groups is 2.